The van der Waals surface area contributed by atoms with E-state index in [9.17, 15) is 9.18 Å². The van der Waals surface area contributed by atoms with Gasteiger partial charge in [0.15, 0.2) is 0 Å². The van der Waals surface area contributed by atoms with Gasteiger partial charge in [0.2, 0.25) is 5.91 Å². The standard InChI is InChI=1S/C15H21ClFN3O/c1-19(2)15(21)10-20-7-5-11(6-8-20)18-12-3-4-13(16)14(17)9-12/h3-4,9,11,18H,5-8,10H2,1-2H3. The van der Waals surface area contributed by atoms with Crippen LogP contribution >= 0.6 is 11.6 Å². The number of nitrogens with zero attached hydrogens (tertiary/aromatic N) is 2. The molecule has 116 valence electrons. The molecule has 1 heterocycles. The number of hydrogen-bond acceptors (Lipinski definition) is 3. The fourth-order valence-electron chi connectivity index (χ4n) is 2.39. The highest BCUT2D eigenvalue weighted by Gasteiger charge is 2.21. The van der Waals surface area contributed by atoms with Crippen LogP contribution in [0, 0.1) is 5.82 Å². The summed E-state index contributed by atoms with van der Waals surface area (Å²) in [5.41, 5.74) is 0.750. The molecule has 0 atom stereocenters. The fraction of sp³-hybridized carbons (Fsp3) is 0.533. The van der Waals surface area contributed by atoms with Crippen LogP contribution in [0.4, 0.5) is 10.1 Å². The van der Waals surface area contributed by atoms with Crippen molar-refractivity contribution in [2.45, 2.75) is 18.9 Å². The first-order valence-corrected chi connectivity index (χ1v) is 7.47. The van der Waals surface area contributed by atoms with Gasteiger partial charge in [0, 0.05) is 38.9 Å². The van der Waals surface area contributed by atoms with Crippen LogP contribution in [0.3, 0.4) is 0 Å². The van der Waals surface area contributed by atoms with Crippen molar-refractivity contribution in [3.63, 3.8) is 0 Å². The van der Waals surface area contributed by atoms with Gasteiger partial charge in [-0.1, -0.05) is 11.6 Å². The summed E-state index contributed by atoms with van der Waals surface area (Å²) in [6, 6.07) is 5.07. The molecule has 1 aromatic rings. The highest BCUT2D eigenvalue weighted by Crippen LogP contribution is 2.21. The normalized spacial score (nSPS) is 16.8. The molecule has 6 heteroatoms. The number of carbonyl (C=O) groups excluding carboxylic acids is 1. The third-order valence-electron chi connectivity index (χ3n) is 3.74. The summed E-state index contributed by atoms with van der Waals surface area (Å²) < 4.78 is 13.4. The zero-order valence-electron chi connectivity index (χ0n) is 12.4. The summed E-state index contributed by atoms with van der Waals surface area (Å²) >= 11 is 5.67. The first-order valence-electron chi connectivity index (χ1n) is 7.10. The maximum absolute atomic E-state index is 13.4. The molecular weight excluding hydrogens is 293 g/mol. The van der Waals surface area contributed by atoms with Crippen LogP contribution in [0.25, 0.3) is 0 Å². The number of nitrogens with one attached hydrogen (secondary N) is 1. The summed E-state index contributed by atoms with van der Waals surface area (Å²) in [5.74, 6) is -0.281. The van der Waals surface area contributed by atoms with Crippen molar-refractivity contribution in [3.8, 4) is 0 Å². The molecule has 4 nitrogen and oxygen atoms in total. The molecule has 1 fully saturated rings. The zero-order valence-corrected chi connectivity index (χ0v) is 13.2. The van der Waals surface area contributed by atoms with E-state index in [0.29, 0.717) is 12.6 Å². The second-order valence-electron chi connectivity index (χ2n) is 5.61. The van der Waals surface area contributed by atoms with Crippen LogP contribution in [0.5, 0.6) is 0 Å². The summed E-state index contributed by atoms with van der Waals surface area (Å²) in [5, 5.41) is 3.46. The highest BCUT2D eigenvalue weighted by atomic mass is 35.5. The molecule has 21 heavy (non-hydrogen) atoms. The molecule has 2 rings (SSSR count). The van der Waals surface area contributed by atoms with Gasteiger partial charge in [-0.05, 0) is 31.0 Å². The molecule has 1 amide bonds. The van der Waals surface area contributed by atoms with Crippen molar-refractivity contribution in [3.05, 3.63) is 29.0 Å². The summed E-state index contributed by atoms with van der Waals surface area (Å²) in [6.07, 6.45) is 1.87. The van der Waals surface area contributed by atoms with E-state index in [-0.39, 0.29) is 10.9 Å². The van der Waals surface area contributed by atoms with Crippen LogP contribution in [0.2, 0.25) is 5.02 Å². The Bertz CT molecular complexity index is 502. The predicted octanol–water partition coefficient (Wildman–Crippen LogP) is 2.44. The highest BCUT2D eigenvalue weighted by molar-refractivity contribution is 6.30. The Morgan fingerprint density at radius 3 is 2.67 bits per heavy atom. The number of likely N-dealkylation sites (tertiary alicyclic amines) is 1. The van der Waals surface area contributed by atoms with E-state index >= 15 is 0 Å². The van der Waals surface area contributed by atoms with Crippen molar-refractivity contribution < 1.29 is 9.18 Å². The van der Waals surface area contributed by atoms with Gasteiger partial charge in [0.05, 0.1) is 11.6 Å². The average Bonchev–Trinajstić information content (AvgIpc) is 2.45. The maximum Gasteiger partial charge on any atom is 0.236 e. The third-order valence-corrected chi connectivity index (χ3v) is 4.04. The molecule has 1 saturated heterocycles. The molecule has 0 bridgehead atoms. The number of anilines is 1. The lowest BCUT2D eigenvalue weighted by atomic mass is 10.0. The van der Waals surface area contributed by atoms with Crippen LogP contribution in [-0.4, -0.2) is 55.5 Å². The minimum Gasteiger partial charge on any atom is -0.382 e. The van der Waals surface area contributed by atoms with E-state index < -0.39 is 5.82 Å². The second-order valence-corrected chi connectivity index (χ2v) is 6.02. The van der Waals surface area contributed by atoms with Crippen molar-refractivity contribution in [2.75, 3.05) is 39.0 Å². The number of rotatable bonds is 4. The maximum atomic E-state index is 13.4. The fourth-order valence-corrected chi connectivity index (χ4v) is 2.51. The Balaban J connectivity index is 1.81. The van der Waals surface area contributed by atoms with Gasteiger partial charge in [-0.2, -0.15) is 0 Å². The third kappa shape index (κ3) is 4.58. The number of benzene rings is 1. The molecule has 0 spiro atoms. The topological polar surface area (TPSA) is 35.6 Å². The number of hydrogen-bond donors (Lipinski definition) is 1. The van der Waals surface area contributed by atoms with Gasteiger partial charge in [0.25, 0.3) is 0 Å². The Morgan fingerprint density at radius 2 is 2.10 bits per heavy atom. The summed E-state index contributed by atoms with van der Waals surface area (Å²) in [4.78, 5) is 15.4. The molecule has 0 radical (unpaired) electrons. The van der Waals surface area contributed by atoms with Crippen LogP contribution in [-0.2, 0) is 4.79 Å². The quantitative estimate of drug-likeness (QED) is 0.927. The lowest BCUT2D eigenvalue weighted by Crippen LogP contribution is -2.43. The smallest absolute Gasteiger partial charge is 0.236 e. The number of carbonyl (C=O) groups is 1. The minimum atomic E-state index is -0.407. The lowest BCUT2D eigenvalue weighted by Gasteiger charge is -2.32. The van der Waals surface area contributed by atoms with E-state index in [1.165, 1.54) is 6.07 Å². The van der Waals surface area contributed by atoms with E-state index in [1.807, 2.05) is 0 Å². The van der Waals surface area contributed by atoms with E-state index in [1.54, 1.807) is 31.1 Å². The minimum absolute atomic E-state index is 0.126. The van der Waals surface area contributed by atoms with Gasteiger partial charge in [0.1, 0.15) is 5.82 Å². The number of piperidine rings is 1. The molecule has 0 unspecified atom stereocenters. The van der Waals surface area contributed by atoms with Gasteiger partial charge in [-0.15, -0.1) is 0 Å². The first kappa shape index (κ1) is 16.0. The van der Waals surface area contributed by atoms with Gasteiger partial charge >= 0.3 is 0 Å². The van der Waals surface area contributed by atoms with Crippen LogP contribution in [0.1, 0.15) is 12.8 Å². The van der Waals surface area contributed by atoms with Gasteiger partial charge < -0.3 is 10.2 Å². The predicted molar refractivity (Wildman–Crippen MR) is 83.2 cm³/mol. The average molecular weight is 314 g/mol. The first-order chi connectivity index (χ1) is 9.95. The SMILES string of the molecule is CN(C)C(=O)CN1CCC(Nc2ccc(Cl)c(F)c2)CC1. The van der Waals surface area contributed by atoms with Crippen LogP contribution < -0.4 is 5.32 Å². The van der Waals surface area contributed by atoms with E-state index in [2.05, 4.69) is 10.2 Å². The second kappa shape index (κ2) is 7.09. The Hall–Kier alpha value is -1.33. The van der Waals surface area contributed by atoms with Crippen molar-refractivity contribution >= 4 is 23.2 Å². The zero-order chi connectivity index (χ0) is 15.4. The monoisotopic (exact) mass is 313 g/mol. The summed E-state index contributed by atoms with van der Waals surface area (Å²) in [6.45, 7) is 2.20. The Morgan fingerprint density at radius 1 is 1.43 bits per heavy atom. The van der Waals surface area contributed by atoms with E-state index in [0.717, 1.165) is 31.6 Å². The Kier molecular flexibility index (Phi) is 5.42. The molecule has 0 saturated carbocycles. The van der Waals surface area contributed by atoms with Gasteiger partial charge in [-0.25, -0.2) is 4.39 Å². The molecule has 1 aliphatic heterocycles. The number of likely N-dealkylation sites (N-methyl/N-ethyl adjacent to an activating group) is 1. The number of halogens is 2. The number of amides is 1. The molecule has 0 aliphatic carbocycles. The Labute approximate surface area is 129 Å². The van der Waals surface area contributed by atoms with E-state index in [4.69, 9.17) is 11.6 Å². The van der Waals surface area contributed by atoms with Gasteiger partial charge in [-0.3, -0.25) is 9.69 Å². The molecule has 1 aliphatic rings. The molecular formula is C15H21ClFN3O. The largest absolute Gasteiger partial charge is 0.382 e. The van der Waals surface area contributed by atoms with Crippen molar-refractivity contribution in [2.24, 2.45) is 0 Å². The van der Waals surface area contributed by atoms with Crippen molar-refractivity contribution in [1.29, 1.82) is 0 Å². The molecule has 1 N–H and O–H groups in total. The molecule has 0 aromatic heterocycles. The van der Waals surface area contributed by atoms with Crippen molar-refractivity contribution in [1.82, 2.24) is 9.80 Å². The summed E-state index contributed by atoms with van der Waals surface area (Å²) in [7, 11) is 3.54. The molecule has 1 aromatic carbocycles. The lowest BCUT2D eigenvalue weighted by molar-refractivity contribution is -0.130. The van der Waals surface area contributed by atoms with Crippen LogP contribution in [0.15, 0.2) is 18.2 Å².